The molecule has 4 rings (SSSR count). The lowest BCUT2D eigenvalue weighted by Gasteiger charge is -2.32. The van der Waals surface area contributed by atoms with Crippen LogP contribution in [0.3, 0.4) is 0 Å². The molecule has 6 nitrogen and oxygen atoms in total. The van der Waals surface area contributed by atoms with Crippen LogP contribution in [0.4, 0.5) is 15.9 Å². The number of ether oxygens (including phenoxy) is 1. The van der Waals surface area contributed by atoms with Crippen LogP contribution in [-0.4, -0.2) is 36.3 Å². The molecule has 1 saturated heterocycles. The Morgan fingerprint density at radius 2 is 2.03 bits per heavy atom. The summed E-state index contributed by atoms with van der Waals surface area (Å²) in [5.41, 5.74) is 2.08. The largest absolute Gasteiger partial charge is 0.496 e. The molecule has 1 aliphatic heterocycles. The SMILES string of the molecule is COc1ccccc1-c1ccc(N2CCCC(C(=O)Nc3ccc(F)c(Cl)c3)C2)nn1. The molecule has 0 aliphatic carbocycles. The van der Waals surface area contributed by atoms with Crippen LogP contribution in [-0.2, 0) is 4.79 Å². The lowest BCUT2D eigenvalue weighted by Crippen LogP contribution is -2.41. The highest BCUT2D eigenvalue weighted by atomic mass is 35.5. The molecule has 0 bridgehead atoms. The second kappa shape index (κ2) is 9.31. The molecule has 1 unspecified atom stereocenters. The predicted octanol–water partition coefficient (Wildman–Crippen LogP) is 4.80. The standard InChI is InChI=1S/C23H22ClFN4O2/c1-31-21-7-3-2-6-17(21)20-10-11-22(28-27-20)29-12-4-5-15(14-29)23(30)26-16-8-9-19(25)18(24)13-16/h2-3,6-11,13,15H,4-5,12,14H2,1H3,(H,26,30). The molecule has 160 valence electrons. The van der Waals surface area contributed by atoms with E-state index in [1.54, 1.807) is 7.11 Å². The van der Waals surface area contributed by atoms with Gasteiger partial charge in [0.25, 0.3) is 0 Å². The van der Waals surface area contributed by atoms with Gasteiger partial charge in [0, 0.05) is 24.3 Å². The molecule has 0 radical (unpaired) electrons. The topological polar surface area (TPSA) is 67.3 Å². The van der Waals surface area contributed by atoms with Gasteiger partial charge in [-0.1, -0.05) is 23.7 Å². The molecule has 1 fully saturated rings. The summed E-state index contributed by atoms with van der Waals surface area (Å²) in [7, 11) is 1.62. The number of hydrogen-bond acceptors (Lipinski definition) is 5. The third-order valence-corrected chi connectivity index (χ3v) is 5.63. The number of nitrogens with one attached hydrogen (secondary N) is 1. The lowest BCUT2D eigenvalue weighted by molar-refractivity contribution is -0.120. The molecule has 2 heterocycles. The number of amides is 1. The number of carbonyl (C=O) groups excluding carboxylic acids is 1. The fraction of sp³-hybridized carbons (Fsp3) is 0.261. The first-order valence-corrected chi connectivity index (χ1v) is 10.4. The summed E-state index contributed by atoms with van der Waals surface area (Å²) < 4.78 is 18.7. The third-order valence-electron chi connectivity index (χ3n) is 5.34. The van der Waals surface area contributed by atoms with Crippen molar-refractivity contribution in [1.82, 2.24) is 10.2 Å². The molecule has 8 heteroatoms. The van der Waals surface area contributed by atoms with Crippen LogP contribution < -0.4 is 15.0 Å². The molecular formula is C23H22ClFN4O2. The van der Waals surface area contributed by atoms with Gasteiger partial charge in [-0.15, -0.1) is 10.2 Å². The van der Waals surface area contributed by atoms with Crippen LogP contribution in [0.1, 0.15) is 12.8 Å². The maximum atomic E-state index is 13.3. The van der Waals surface area contributed by atoms with E-state index in [4.69, 9.17) is 16.3 Å². The molecular weight excluding hydrogens is 419 g/mol. The number of piperidine rings is 1. The van der Waals surface area contributed by atoms with Crippen molar-refractivity contribution in [1.29, 1.82) is 0 Å². The molecule has 31 heavy (non-hydrogen) atoms. The Bertz CT molecular complexity index is 1080. The molecule has 0 saturated carbocycles. The first kappa shape index (κ1) is 21.1. The third kappa shape index (κ3) is 4.77. The smallest absolute Gasteiger partial charge is 0.229 e. The second-order valence-corrected chi connectivity index (χ2v) is 7.79. The summed E-state index contributed by atoms with van der Waals surface area (Å²) in [4.78, 5) is 14.8. The minimum atomic E-state index is -0.515. The van der Waals surface area contributed by atoms with Gasteiger partial charge in [-0.2, -0.15) is 0 Å². The first-order valence-electron chi connectivity index (χ1n) is 10.0. The van der Waals surface area contributed by atoms with Gasteiger partial charge in [0.15, 0.2) is 5.82 Å². The van der Waals surface area contributed by atoms with Crippen molar-refractivity contribution in [2.24, 2.45) is 5.92 Å². The minimum Gasteiger partial charge on any atom is -0.496 e. The van der Waals surface area contributed by atoms with Crippen LogP contribution >= 0.6 is 11.6 Å². The van der Waals surface area contributed by atoms with E-state index in [0.29, 0.717) is 12.2 Å². The number of para-hydroxylation sites is 1. The fourth-order valence-corrected chi connectivity index (χ4v) is 3.89. The Labute approximate surface area is 185 Å². The van der Waals surface area contributed by atoms with E-state index < -0.39 is 5.82 Å². The van der Waals surface area contributed by atoms with Gasteiger partial charge in [-0.05, 0) is 55.3 Å². The van der Waals surface area contributed by atoms with E-state index in [9.17, 15) is 9.18 Å². The Kier molecular flexibility index (Phi) is 6.32. The second-order valence-electron chi connectivity index (χ2n) is 7.38. The van der Waals surface area contributed by atoms with Crippen molar-refractivity contribution in [3.05, 3.63) is 65.4 Å². The quantitative estimate of drug-likeness (QED) is 0.617. The summed E-state index contributed by atoms with van der Waals surface area (Å²) in [6.07, 6.45) is 1.63. The van der Waals surface area contributed by atoms with Crippen LogP contribution in [0.5, 0.6) is 5.75 Å². The van der Waals surface area contributed by atoms with Crippen LogP contribution in [0.25, 0.3) is 11.3 Å². The number of hydrogen-bond donors (Lipinski definition) is 1. The van der Waals surface area contributed by atoms with Crippen LogP contribution in [0, 0.1) is 11.7 Å². The summed E-state index contributed by atoms with van der Waals surface area (Å²) in [5, 5.41) is 11.6. The molecule has 1 N–H and O–H groups in total. The zero-order valence-electron chi connectivity index (χ0n) is 17.0. The van der Waals surface area contributed by atoms with Crippen molar-refractivity contribution in [2.45, 2.75) is 12.8 Å². The molecule has 3 aromatic rings. The van der Waals surface area contributed by atoms with Gasteiger partial charge >= 0.3 is 0 Å². The molecule has 0 spiro atoms. The van der Waals surface area contributed by atoms with Crippen LogP contribution in [0.15, 0.2) is 54.6 Å². The number of methoxy groups -OCH3 is 1. The maximum absolute atomic E-state index is 13.3. The van der Waals surface area contributed by atoms with Gasteiger partial charge in [-0.3, -0.25) is 4.79 Å². The number of aromatic nitrogens is 2. The molecule has 2 aromatic carbocycles. The highest BCUT2D eigenvalue weighted by molar-refractivity contribution is 6.31. The molecule has 1 aliphatic rings. The van der Waals surface area contributed by atoms with Crippen LogP contribution in [0.2, 0.25) is 5.02 Å². The predicted molar refractivity (Wildman–Crippen MR) is 119 cm³/mol. The van der Waals surface area contributed by atoms with Crippen molar-refractivity contribution in [2.75, 3.05) is 30.4 Å². The van der Waals surface area contributed by atoms with Crippen molar-refractivity contribution in [3.8, 4) is 17.0 Å². The van der Waals surface area contributed by atoms with Gasteiger partial charge in [-0.25, -0.2) is 4.39 Å². The number of anilines is 2. The first-order chi connectivity index (χ1) is 15.0. The van der Waals surface area contributed by atoms with Gasteiger partial charge in [0.1, 0.15) is 11.6 Å². The zero-order valence-corrected chi connectivity index (χ0v) is 17.8. The highest BCUT2D eigenvalue weighted by Crippen LogP contribution is 2.29. The van der Waals surface area contributed by atoms with Gasteiger partial charge in [0.2, 0.25) is 5.91 Å². The van der Waals surface area contributed by atoms with Gasteiger partial charge < -0.3 is 15.0 Å². The Morgan fingerprint density at radius 1 is 1.19 bits per heavy atom. The van der Waals surface area contributed by atoms with E-state index >= 15 is 0 Å². The molecule has 1 aromatic heterocycles. The highest BCUT2D eigenvalue weighted by Gasteiger charge is 2.27. The Balaban J connectivity index is 1.44. The molecule has 1 amide bonds. The van der Waals surface area contributed by atoms with Crippen molar-refractivity contribution < 1.29 is 13.9 Å². The molecule has 1 atom stereocenters. The summed E-state index contributed by atoms with van der Waals surface area (Å²) >= 11 is 5.80. The lowest BCUT2D eigenvalue weighted by atomic mass is 9.97. The van der Waals surface area contributed by atoms with E-state index in [0.717, 1.165) is 42.2 Å². The zero-order chi connectivity index (χ0) is 21.8. The Morgan fingerprint density at radius 3 is 2.77 bits per heavy atom. The summed E-state index contributed by atoms with van der Waals surface area (Å²) in [6, 6.07) is 15.6. The number of carbonyl (C=O) groups is 1. The van der Waals surface area contributed by atoms with Crippen molar-refractivity contribution in [3.63, 3.8) is 0 Å². The van der Waals surface area contributed by atoms with E-state index in [2.05, 4.69) is 20.4 Å². The average molecular weight is 441 g/mol. The number of rotatable bonds is 5. The Hall–Kier alpha value is -3.19. The monoisotopic (exact) mass is 440 g/mol. The maximum Gasteiger partial charge on any atom is 0.229 e. The number of nitrogens with zero attached hydrogens (tertiary/aromatic N) is 3. The number of benzene rings is 2. The normalized spacial score (nSPS) is 16.1. The fourth-order valence-electron chi connectivity index (χ4n) is 3.71. The summed E-state index contributed by atoms with van der Waals surface area (Å²) in [6.45, 7) is 1.33. The number of halogens is 2. The minimum absolute atomic E-state index is 0.0199. The van der Waals surface area contributed by atoms with E-state index in [1.165, 1.54) is 18.2 Å². The van der Waals surface area contributed by atoms with Crippen molar-refractivity contribution >= 4 is 29.0 Å². The van der Waals surface area contributed by atoms with Gasteiger partial charge in [0.05, 0.1) is 23.7 Å². The summed E-state index contributed by atoms with van der Waals surface area (Å²) in [5.74, 6) is 0.610. The van der Waals surface area contributed by atoms with E-state index in [1.807, 2.05) is 36.4 Å². The van der Waals surface area contributed by atoms with E-state index in [-0.39, 0.29) is 16.8 Å². The average Bonchev–Trinajstić information content (AvgIpc) is 2.81.